The lowest BCUT2D eigenvalue weighted by Crippen LogP contribution is -2.45. The number of aliphatic imine (C=N–C) groups is 1. The Balaban J connectivity index is 1.77. The van der Waals surface area contributed by atoms with E-state index in [1.165, 1.54) is 25.7 Å². The maximum absolute atomic E-state index is 5.74. The van der Waals surface area contributed by atoms with E-state index < -0.39 is 0 Å². The number of nitrogens with zero attached hydrogens (tertiary/aromatic N) is 2. The predicted molar refractivity (Wildman–Crippen MR) is 79.5 cm³/mol. The van der Waals surface area contributed by atoms with Crippen LogP contribution in [-0.2, 0) is 4.74 Å². The molecule has 0 amide bonds. The van der Waals surface area contributed by atoms with Gasteiger partial charge in [0.2, 0.25) is 0 Å². The Morgan fingerprint density at radius 2 is 1.79 bits per heavy atom. The Bertz CT molecular complexity index is 333. The summed E-state index contributed by atoms with van der Waals surface area (Å²) in [5.74, 6) is 0. The number of hydrogen-bond acceptors (Lipinski definition) is 4. The predicted octanol–water partition coefficient (Wildman–Crippen LogP) is 1.95. The van der Waals surface area contributed by atoms with E-state index in [4.69, 9.17) is 10.5 Å². The molecule has 0 unspecified atom stereocenters. The van der Waals surface area contributed by atoms with Gasteiger partial charge in [-0.3, -0.25) is 9.89 Å². The zero-order valence-electron chi connectivity index (χ0n) is 12.3. The maximum Gasteiger partial charge on any atom is 0.0594 e. The zero-order valence-corrected chi connectivity index (χ0v) is 12.3. The van der Waals surface area contributed by atoms with Gasteiger partial charge in [0.05, 0.1) is 19.3 Å². The van der Waals surface area contributed by atoms with Crippen molar-refractivity contribution in [1.82, 2.24) is 4.90 Å². The van der Waals surface area contributed by atoms with Crippen molar-refractivity contribution in [2.75, 3.05) is 26.3 Å². The first-order chi connectivity index (χ1) is 9.16. The Labute approximate surface area is 116 Å². The quantitative estimate of drug-likeness (QED) is 0.794. The van der Waals surface area contributed by atoms with Gasteiger partial charge in [0.15, 0.2) is 0 Å². The van der Waals surface area contributed by atoms with Crippen LogP contribution in [-0.4, -0.2) is 49.5 Å². The van der Waals surface area contributed by atoms with Crippen LogP contribution < -0.4 is 5.73 Å². The van der Waals surface area contributed by atoms with Crippen LogP contribution in [0.1, 0.15) is 39.5 Å². The molecule has 1 aliphatic heterocycles. The first kappa shape index (κ1) is 14.5. The standard InChI is InChI=1S/C15H27N3O/c1-12(13(2)16)11-17-14-3-5-15(6-4-14)18-7-9-19-10-8-18/h11,14-15H,3-10,16H2,1-2H3. The van der Waals surface area contributed by atoms with E-state index in [9.17, 15) is 0 Å². The largest absolute Gasteiger partial charge is 0.402 e. The van der Waals surface area contributed by atoms with Crippen LogP contribution in [0.2, 0.25) is 0 Å². The van der Waals surface area contributed by atoms with Gasteiger partial charge in [0.25, 0.3) is 0 Å². The van der Waals surface area contributed by atoms with Crippen molar-refractivity contribution in [2.24, 2.45) is 10.7 Å². The number of allylic oxidation sites excluding steroid dienone is 2. The second-order valence-electron chi connectivity index (χ2n) is 5.75. The van der Waals surface area contributed by atoms with Gasteiger partial charge in [-0.2, -0.15) is 0 Å². The normalized spacial score (nSPS) is 31.5. The summed E-state index contributed by atoms with van der Waals surface area (Å²) in [5, 5.41) is 0. The van der Waals surface area contributed by atoms with Crippen LogP contribution in [0.15, 0.2) is 16.3 Å². The molecule has 1 saturated heterocycles. The molecule has 0 aromatic heterocycles. The number of ether oxygens (including phenoxy) is 1. The van der Waals surface area contributed by atoms with Gasteiger partial charge >= 0.3 is 0 Å². The average molecular weight is 265 g/mol. The van der Waals surface area contributed by atoms with E-state index in [1.54, 1.807) is 0 Å². The number of nitrogens with two attached hydrogens (primary N) is 1. The SMILES string of the molecule is CC(N)=C(C)C=NC1CCC(N2CCOCC2)CC1. The third-order valence-electron chi connectivity index (χ3n) is 4.33. The molecule has 0 atom stereocenters. The third-order valence-corrected chi connectivity index (χ3v) is 4.33. The lowest BCUT2D eigenvalue weighted by atomic mass is 9.90. The first-order valence-corrected chi connectivity index (χ1v) is 7.44. The summed E-state index contributed by atoms with van der Waals surface area (Å²) in [5.41, 5.74) is 7.70. The molecule has 4 heteroatoms. The Kier molecular flexibility index (Phi) is 5.40. The highest BCUT2D eigenvalue weighted by molar-refractivity contribution is 5.78. The monoisotopic (exact) mass is 265 g/mol. The van der Waals surface area contributed by atoms with Gasteiger partial charge < -0.3 is 10.5 Å². The molecule has 2 N–H and O–H groups in total. The fraction of sp³-hybridized carbons (Fsp3) is 0.800. The van der Waals surface area contributed by atoms with Gasteiger partial charge in [-0.25, -0.2) is 0 Å². The molecule has 1 heterocycles. The topological polar surface area (TPSA) is 50.8 Å². The molecule has 108 valence electrons. The fourth-order valence-electron chi connectivity index (χ4n) is 2.83. The zero-order chi connectivity index (χ0) is 13.7. The highest BCUT2D eigenvalue weighted by Crippen LogP contribution is 2.25. The summed E-state index contributed by atoms with van der Waals surface area (Å²) in [6.07, 6.45) is 6.90. The van der Waals surface area contributed by atoms with Crippen molar-refractivity contribution in [3.05, 3.63) is 11.3 Å². The highest BCUT2D eigenvalue weighted by Gasteiger charge is 2.26. The summed E-state index contributed by atoms with van der Waals surface area (Å²) >= 11 is 0. The van der Waals surface area contributed by atoms with Crippen molar-refractivity contribution in [3.63, 3.8) is 0 Å². The van der Waals surface area contributed by atoms with E-state index in [-0.39, 0.29) is 0 Å². The van der Waals surface area contributed by atoms with Gasteiger partial charge in [-0.1, -0.05) is 0 Å². The number of hydrogen-bond donors (Lipinski definition) is 1. The summed E-state index contributed by atoms with van der Waals surface area (Å²) in [7, 11) is 0. The second kappa shape index (κ2) is 7.06. The summed E-state index contributed by atoms with van der Waals surface area (Å²) in [6.45, 7) is 7.96. The van der Waals surface area contributed by atoms with Crippen molar-refractivity contribution >= 4 is 6.21 Å². The summed E-state index contributed by atoms with van der Waals surface area (Å²) in [6, 6.07) is 1.25. The smallest absolute Gasteiger partial charge is 0.0594 e. The fourth-order valence-corrected chi connectivity index (χ4v) is 2.83. The molecule has 1 saturated carbocycles. The average Bonchev–Trinajstić information content (AvgIpc) is 2.46. The molecule has 2 fully saturated rings. The summed E-state index contributed by atoms with van der Waals surface area (Å²) in [4.78, 5) is 7.27. The minimum atomic E-state index is 0.492. The number of rotatable bonds is 3. The van der Waals surface area contributed by atoms with E-state index in [2.05, 4.69) is 9.89 Å². The van der Waals surface area contributed by atoms with E-state index in [0.29, 0.717) is 6.04 Å². The molecule has 0 radical (unpaired) electrons. The van der Waals surface area contributed by atoms with Gasteiger partial charge in [0.1, 0.15) is 0 Å². The van der Waals surface area contributed by atoms with Crippen LogP contribution in [0.5, 0.6) is 0 Å². The van der Waals surface area contributed by atoms with Gasteiger partial charge in [-0.15, -0.1) is 0 Å². The van der Waals surface area contributed by atoms with Crippen molar-refractivity contribution in [1.29, 1.82) is 0 Å². The first-order valence-electron chi connectivity index (χ1n) is 7.44. The van der Waals surface area contributed by atoms with Gasteiger partial charge in [-0.05, 0) is 45.1 Å². The molecular weight excluding hydrogens is 238 g/mol. The number of morpholine rings is 1. The summed E-state index contributed by atoms with van der Waals surface area (Å²) < 4.78 is 5.42. The van der Waals surface area contributed by atoms with Crippen LogP contribution in [0, 0.1) is 0 Å². The van der Waals surface area contributed by atoms with E-state index in [0.717, 1.165) is 43.6 Å². The van der Waals surface area contributed by atoms with Crippen molar-refractivity contribution in [3.8, 4) is 0 Å². The maximum atomic E-state index is 5.74. The Morgan fingerprint density at radius 1 is 1.16 bits per heavy atom. The van der Waals surface area contributed by atoms with Crippen LogP contribution in [0.25, 0.3) is 0 Å². The molecule has 19 heavy (non-hydrogen) atoms. The molecule has 0 spiro atoms. The van der Waals surface area contributed by atoms with Crippen molar-refractivity contribution < 1.29 is 4.74 Å². The van der Waals surface area contributed by atoms with Crippen molar-refractivity contribution in [2.45, 2.75) is 51.6 Å². The molecular formula is C15H27N3O. The third kappa shape index (κ3) is 4.32. The minimum Gasteiger partial charge on any atom is -0.402 e. The lowest BCUT2D eigenvalue weighted by Gasteiger charge is -2.38. The van der Waals surface area contributed by atoms with Crippen LogP contribution in [0.3, 0.4) is 0 Å². The molecule has 0 aromatic carbocycles. The molecule has 1 aliphatic carbocycles. The molecule has 0 aromatic rings. The molecule has 0 bridgehead atoms. The second-order valence-corrected chi connectivity index (χ2v) is 5.75. The molecule has 2 aliphatic rings. The van der Waals surface area contributed by atoms with E-state index >= 15 is 0 Å². The Morgan fingerprint density at radius 3 is 2.37 bits per heavy atom. The van der Waals surface area contributed by atoms with Crippen LogP contribution in [0.4, 0.5) is 0 Å². The van der Waals surface area contributed by atoms with Gasteiger partial charge in [0, 0.05) is 31.0 Å². The lowest BCUT2D eigenvalue weighted by molar-refractivity contribution is 0.00756. The highest BCUT2D eigenvalue weighted by atomic mass is 16.5. The molecule has 4 nitrogen and oxygen atoms in total. The molecule has 2 rings (SSSR count). The minimum absolute atomic E-state index is 0.492. The van der Waals surface area contributed by atoms with E-state index in [1.807, 2.05) is 20.1 Å². The Hall–Kier alpha value is -0.870. The van der Waals surface area contributed by atoms with Crippen LogP contribution >= 0.6 is 0 Å².